The maximum atomic E-state index is 14.0. The number of amides is 3. The van der Waals surface area contributed by atoms with E-state index in [1.54, 1.807) is 11.8 Å². The Balaban J connectivity index is 1.03. The zero-order valence-electron chi connectivity index (χ0n) is 26.8. The van der Waals surface area contributed by atoms with Crippen LogP contribution in [0.2, 0.25) is 0 Å². The van der Waals surface area contributed by atoms with E-state index in [2.05, 4.69) is 10.3 Å². The molecule has 1 aromatic heterocycles. The van der Waals surface area contributed by atoms with Gasteiger partial charge < -0.3 is 20.1 Å². The molecule has 0 radical (unpaired) electrons. The van der Waals surface area contributed by atoms with Gasteiger partial charge in [-0.15, -0.1) is 11.8 Å². The highest BCUT2D eigenvalue weighted by atomic mass is 32.2. The normalized spacial score (nSPS) is 27.2. The van der Waals surface area contributed by atoms with Gasteiger partial charge in [0.25, 0.3) is 5.91 Å². The minimum absolute atomic E-state index is 0.000249. The topological polar surface area (TPSA) is 146 Å². The van der Waals surface area contributed by atoms with Crippen molar-refractivity contribution in [2.75, 3.05) is 11.9 Å². The molecule has 8 rings (SSSR count). The van der Waals surface area contributed by atoms with Crippen LogP contribution in [0.3, 0.4) is 0 Å². The number of rotatable bonds is 9. The Morgan fingerprint density at radius 2 is 1.69 bits per heavy atom. The van der Waals surface area contributed by atoms with Gasteiger partial charge in [0.05, 0.1) is 16.9 Å². The summed E-state index contributed by atoms with van der Waals surface area (Å²) in [7, 11) is 0. The van der Waals surface area contributed by atoms with E-state index in [-0.39, 0.29) is 70.5 Å². The number of hydrogen-bond acceptors (Lipinski definition) is 8. The van der Waals surface area contributed by atoms with Crippen molar-refractivity contribution in [2.24, 2.45) is 35.5 Å². The fraction of sp³-hybridized carbons (Fsp3) is 0.378. The fourth-order valence-electron chi connectivity index (χ4n) is 8.92. The van der Waals surface area contributed by atoms with Crippen molar-refractivity contribution >= 4 is 63.2 Å². The minimum Gasteiger partial charge on any atom is -0.484 e. The Bertz CT molecular complexity index is 2050. The van der Waals surface area contributed by atoms with Gasteiger partial charge in [-0.3, -0.25) is 24.1 Å². The molecule has 12 heteroatoms. The van der Waals surface area contributed by atoms with Crippen LogP contribution in [-0.4, -0.2) is 56.6 Å². The summed E-state index contributed by atoms with van der Waals surface area (Å²) in [6.07, 6.45) is 0.928. The second kappa shape index (κ2) is 12.2. The van der Waals surface area contributed by atoms with Gasteiger partial charge in [-0.25, -0.2) is 4.79 Å². The van der Waals surface area contributed by atoms with Gasteiger partial charge in [-0.1, -0.05) is 73.7 Å². The largest absolute Gasteiger partial charge is 0.484 e. The minimum atomic E-state index is -1.17. The highest BCUT2D eigenvalue weighted by Crippen LogP contribution is 2.68. The number of aromatic amines is 1. The van der Waals surface area contributed by atoms with Crippen molar-refractivity contribution in [1.82, 2.24) is 9.88 Å². The summed E-state index contributed by atoms with van der Waals surface area (Å²) in [5, 5.41) is 15.7. The third-order valence-corrected chi connectivity index (χ3v) is 13.3. The molecule has 1 saturated heterocycles. The summed E-state index contributed by atoms with van der Waals surface area (Å²) < 4.78 is 5.86. The van der Waals surface area contributed by atoms with Crippen LogP contribution in [0.15, 0.2) is 76.6 Å². The SMILES string of the molecule is CC(C)CC(C(=O)O)N1C(=O)C2C3CC(C2C1=O)C1C3Sc2[nH]c(=O)sc2[C@@H]1c1ccc(OCC(=O)Nc2cccc3ccccc23)cc1. The van der Waals surface area contributed by atoms with Gasteiger partial charge in [0, 0.05) is 27.1 Å². The smallest absolute Gasteiger partial charge is 0.326 e. The second-order valence-electron chi connectivity index (χ2n) is 13.9. The summed E-state index contributed by atoms with van der Waals surface area (Å²) >= 11 is 2.77. The Morgan fingerprint density at radius 3 is 2.43 bits per heavy atom. The third-order valence-electron chi connectivity index (χ3n) is 10.7. The van der Waals surface area contributed by atoms with Gasteiger partial charge in [-0.05, 0) is 65.7 Å². The molecule has 252 valence electrons. The summed E-state index contributed by atoms with van der Waals surface area (Å²) in [5.74, 6) is -3.15. The summed E-state index contributed by atoms with van der Waals surface area (Å²) in [4.78, 5) is 70.4. The van der Waals surface area contributed by atoms with Crippen LogP contribution >= 0.6 is 23.1 Å². The standard InChI is InChI=1S/C37H35N3O7S2/c1-17(2)14-25(36(44)45)40-34(42)29-22-15-23(30(29)35(40)43)31-28(22)27(32-33(48-31)39-37(46)49-32)19-10-12-20(13-11-19)47-16-26(41)38-24-9-5-7-18-6-3-4-8-21(18)24/h3-13,17,22-23,25,27-31H,14-16H2,1-2H3,(H,38,41)(H,39,46)(H,44,45)/t22?,23?,25?,27-,28?,29?,30?,31?/m1/s1. The predicted octanol–water partition coefficient (Wildman–Crippen LogP) is 5.58. The molecule has 3 amide bonds. The molecule has 10 nitrogen and oxygen atoms in total. The number of anilines is 1. The number of aromatic nitrogens is 1. The molecule has 2 aliphatic carbocycles. The summed E-state index contributed by atoms with van der Waals surface area (Å²) in [6, 6.07) is 19.9. The van der Waals surface area contributed by atoms with E-state index in [0.717, 1.165) is 31.1 Å². The maximum absolute atomic E-state index is 14.0. The Morgan fingerprint density at radius 1 is 0.980 bits per heavy atom. The van der Waals surface area contributed by atoms with Crippen molar-refractivity contribution in [2.45, 2.75) is 48.9 Å². The fourth-order valence-corrected chi connectivity index (χ4v) is 11.8. The number of carboxylic acids is 1. The number of carbonyl (C=O) groups is 4. The lowest BCUT2D eigenvalue weighted by Gasteiger charge is -2.43. The van der Waals surface area contributed by atoms with Gasteiger partial charge in [0.15, 0.2) is 6.61 Å². The molecular formula is C37H35N3O7S2. The highest BCUT2D eigenvalue weighted by Gasteiger charge is 2.70. The van der Waals surface area contributed by atoms with Crippen molar-refractivity contribution in [3.05, 3.63) is 86.8 Å². The van der Waals surface area contributed by atoms with Crippen molar-refractivity contribution < 1.29 is 29.0 Å². The monoisotopic (exact) mass is 697 g/mol. The molecule has 3 aromatic carbocycles. The number of carbonyl (C=O) groups excluding carboxylic acids is 3. The lowest BCUT2D eigenvalue weighted by molar-refractivity contribution is -0.156. The van der Waals surface area contributed by atoms with Crippen LogP contribution in [0.5, 0.6) is 5.75 Å². The molecule has 8 atom stereocenters. The van der Waals surface area contributed by atoms with Gasteiger partial charge in [-0.2, -0.15) is 0 Å². The number of benzene rings is 3. The molecule has 4 aliphatic rings. The lowest BCUT2D eigenvalue weighted by Crippen LogP contribution is -2.47. The van der Waals surface area contributed by atoms with Gasteiger partial charge in [0.2, 0.25) is 11.8 Å². The number of fused-ring (bicyclic) bond motifs is 10. The molecule has 3 fully saturated rings. The number of nitrogens with one attached hydrogen (secondary N) is 2. The summed E-state index contributed by atoms with van der Waals surface area (Å²) in [6.45, 7) is 3.60. The zero-order chi connectivity index (χ0) is 34.1. The number of ether oxygens (including phenoxy) is 1. The van der Waals surface area contributed by atoms with Crippen molar-refractivity contribution in [3.63, 3.8) is 0 Å². The van der Waals surface area contributed by atoms with Crippen LogP contribution in [0.4, 0.5) is 5.69 Å². The van der Waals surface area contributed by atoms with Crippen molar-refractivity contribution in [3.8, 4) is 5.75 Å². The first-order valence-corrected chi connectivity index (χ1v) is 18.3. The van der Waals surface area contributed by atoms with Crippen LogP contribution < -0.4 is 14.9 Å². The Kier molecular flexibility index (Phi) is 7.90. The number of nitrogens with zero attached hydrogens (tertiary/aromatic N) is 1. The van der Waals surface area contributed by atoms with Crippen LogP contribution in [0.1, 0.15) is 43.0 Å². The molecule has 7 unspecified atom stereocenters. The average Bonchev–Trinajstić information content (AvgIpc) is 3.82. The highest BCUT2D eigenvalue weighted by molar-refractivity contribution is 8.00. The van der Waals surface area contributed by atoms with E-state index in [9.17, 15) is 29.1 Å². The van der Waals surface area contributed by atoms with Crippen LogP contribution in [0, 0.1) is 35.5 Å². The quantitative estimate of drug-likeness (QED) is 0.192. The predicted molar refractivity (Wildman–Crippen MR) is 186 cm³/mol. The number of carboxylic acid groups (broad SMARTS) is 1. The zero-order valence-corrected chi connectivity index (χ0v) is 28.5. The third kappa shape index (κ3) is 5.27. The molecule has 3 N–H and O–H groups in total. The number of imide groups is 1. The number of aliphatic carboxylic acids is 1. The number of thiazole rings is 1. The first-order chi connectivity index (χ1) is 23.6. The van der Waals surface area contributed by atoms with Gasteiger partial charge in [0.1, 0.15) is 11.8 Å². The molecule has 3 heterocycles. The first kappa shape index (κ1) is 31.8. The maximum Gasteiger partial charge on any atom is 0.326 e. The van der Waals surface area contributed by atoms with Gasteiger partial charge >= 0.3 is 10.8 Å². The average molecular weight is 698 g/mol. The van der Waals surface area contributed by atoms with E-state index >= 15 is 0 Å². The number of thioether (sulfide) groups is 1. The first-order valence-electron chi connectivity index (χ1n) is 16.6. The van der Waals surface area contributed by atoms with Crippen LogP contribution in [0.25, 0.3) is 10.8 Å². The molecule has 4 aromatic rings. The molecular weight excluding hydrogens is 663 g/mol. The molecule has 0 spiro atoms. The molecule has 49 heavy (non-hydrogen) atoms. The number of likely N-dealkylation sites (tertiary alicyclic amines) is 1. The number of H-pyrrole nitrogens is 1. The van der Waals surface area contributed by atoms with Crippen LogP contribution in [-0.2, 0) is 19.2 Å². The Hall–Kier alpha value is -4.42. The van der Waals surface area contributed by atoms with E-state index in [1.165, 1.54) is 11.3 Å². The molecule has 2 bridgehead atoms. The van der Waals surface area contributed by atoms with E-state index in [1.807, 2.05) is 80.6 Å². The lowest BCUT2D eigenvalue weighted by atomic mass is 9.68. The van der Waals surface area contributed by atoms with Crippen molar-refractivity contribution in [1.29, 1.82) is 0 Å². The van der Waals surface area contributed by atoms with E-state index in [4.69, 9.17) is 4.74 Å². The molecule has 2 aliphatic heterocycles. The second-order valence-corrected chi connectivity index (χ2v) is 16.1. The molecule has 2 saturated carbocycles. The van der Waals surface area contributed by atoms with E-state index in [0.29, 0.717) is 17.9 Å². The number of hydrogen-bond donors (Lipinski definition) is 3. The Labute approximate surface area is 290 Å². The summed E-state index contributed by atoms with van der Waals surface area (Å²) in [5.41, 5.74) is 1.67. The van der Waals surface area contributed by atoms with E-state index < -0.39 is 23.8 Å².